The molecule has 0 saturated heterocycles. The summed E-state index contributed by atoms with van der Waals surface area (Å²) in [7, 11) is 0. The Bertz CT molecular complexity index is 3300. The predicted octanol–water partition coefficient (Wildman–Crippen LogP) is 14.4. The van der Waals surface area contributed by atoms with Gasteiger partial charge in [-0.2, -0.15) is 0 Å². The van der Waals surface area contributed by atoms with E-state index in [0.717, 1.165) is 29.0 Å². The molecule has 0 amide bonds. The summed E-state index contributed by atoms with van der Waals surface area (Å²) in [6.45, 7) is 2.19. The van der Waals surface area contributed by atoms with Crippen LogP contribution in [0.15, 0.2) is 188 Å². The third-order valence-corrected chi connectivity index (χ3v) is 11.5. The summed E-state index contributed by atoms with van der Waals surface area (Å²) >= 11 is 0. The van der Waals surface area contributed by atoms with Crippen LogP contribution in [-0.4, -0.2) is 9.55 Å². The molecule has 11 rings (SSSR count). The van der Waals surface area contributed by atoms with E-state index in [9.17, 15) is 0 Å². The van der Waals surface area contributed by atoms with Crippen LogP contribution in [0.4, 0.5) is 0 Å². The van der Waals surface area contributed by atoms with E-state index < -0.39 is 0 Å². The van der Waals surface area contributed by atoms with Gasteiger partial charge >= 0.3 is 0 Å². The molecule has 1 aromatic heterocycles. The highest BCUT2D eigenvalue weighted by Crippen LogP contribution is 2.48. The van der Waals surface area contributed by atoms with Crippen molar-refractivity contribution in [1.82, 2.24) is 9.55 Å². The van der Waals surface area contributed by atoms with E-state index in [-0.39, 0.29) is 0 Å². The van der Waals surface area contributed by atoms with E-state index in [0.29, 0.717) is 0 Å². The van der Waals surface area contributed by atoms with Crippen LogP contribution in [0.25, 0.3) is 104 Å². The van der Waals surface area contributed by atoms with E-state index in [2.05, 4.69) is 200 Å². The van der Waals surface area contributed by atoms with Gasteiger partial charge in [-0.3, -0.25) is 4.57 Å². The maximum Gasteiger partial charge on any atom is 0.114 e. The minimum Gasteiger partial charge on any atom is -0.296 e. The van der Waals surface area contributed by atoms with Crippen LogP contribution in [0.5, 0.6) is 0 Å². The van der Waals surface area contributed by atoms with Crippen LogP contribution in [0.1, 0.15) is 12.7 Å². The first-order chi connectivity index (χ1) is 27.3. The van der Waals surface area contributed by atoms with Gasteiger partial charge in [0.2, 0.25) is 0 Å². The number of fused-ring (bicyclic) bond motifs is 7. The Labute approximate surface area is 319 Å². The molecule has 258 valence electrons. The Morgan fingerprint density at radius 3 is 1.82 bits per heavy atom. The van der Waals surface area contributed by atoms with Crippen LogP contribution in [0.3, 0.4) is 0 Å². The molecule has 0 aliphatic heterocycles. The Hall–Kier alpha value is -7.03. The molecule has 0 bridgehead atoms. The third-order valence-electron chi connectivity index (χ3n) is 11.5. The molecule has 0 unspecified atom stereocenters. The third kappa shape index (κ3) is 4.85. The minimum absolute atomic E-state index is 0.842. The van der Waals surface area contributed by atoms with Gasteiger partial charge in [0.15, 0.2) is 0 Å². The zero-order valence-corrected chi connectivity index (χ0v) is 30.5. The lowest BCUT2D eigenvalue weighted by Crippen LogP contribution is -2.01. The van der Waals surface area contributed by atoms with Crippen molar-refractivity contribution in [2.75, 3.05) is 0 Å². The highest BCUT2D eigenvalue weighted by atomic mass is 15.1. The summed E-state index contributed by atoms with van der Waals surface area (Å²) < 4.78 is 2.36. The highest BCUT2D eigenvalue weighted by molar-refractivity contribution is 6.27. The second-order valence-electron chi connectivity index (χ2n) is 14.5. The number of para-hydroxylation sites is 2. The average Bonchev–Trinajstić information content (AvgIpc) is 3.64. The number of nitrogens with zero attached hydrogens (tertiary/aromatic N) is 2. The second kappa shape index (κ2) is 12.5. The van der Waals surface area contributed by atoms with Crippen molar-refractivity contribution in [3.63, 3.8) is 0 Å². The quantitative estimate of drug-likeness (QED) is 0.129. The summed E-state index contributed by atoms with van der Waals surface area (Å²) in [5, 5.41) is 12.5. The normalized spacial score (nSPS) is 11.8. The fourth-order valence-electron chi connectivity index (χ4n) is 9.11. The molecule has 2 nitrogen and oxygen atoms in total. The number of aromatic nitrogens is 2. The van der Waals surface area contributed by atoms with Crippen molar-refractivity contribution in [3.8, 4) is 39.1 Å². The zero-order chi connectivity index (χ0) is 36.5. The summed E-state index contributed by atoms with van der Waals surface area (Å²) in [5.41, 5.74) is 10.7. The maximum absolute atomic E-state index is 5.05. The lowest BCUT2D eigenvalue weighted by molar-refractivity contribution is 0.913. The Morgan fingerprint density at radius 1 is 0.400 bits per heavy atom. The molecule has 0 N–H and O–H groups in total. The van der Waals surface area contributed by atoms with Crippen molar-refractivity contribution in [2.45, 2.75) is 13.3 Å². The molecule has 1 heterocycles. The van der Waals surface area contributed by atoms with E-state index in [4.69, 9.17) is 4.98 Å². The standard InChI is InChI=1S/C53H36N2/c1-2-51-54-48-25-12-13-26-50(48)55(51)49-32-31-45(39-19-8-9-20-41(39)49)52-43-21-10-11-22-44(43)53(47-33-36(28-30-46(47)52)34-15-4-3-5-16-34)42-24-14-23-38-37-18-7-6-17-35(37)27-29-40(38)42/h3-33H,2H2,1H3. The van der Waals surface area contributed by atoms with Crippen LogP contribution in [-0.2, 0) is 6.42 Å². The SMILES string of the molecule is CCc1nc2ccccc2n1-c1ccc(-c2c3ccccc3c(-c3cccc4c3ccc3ccccc34)c3cc(-c4ccccc4)ccc23)c2ccccc12. The number of hydrogen-bond donors (Lipinski definition) is 0. The monoisotopic (exact) mass is 700 g/mol. The topological polar surface area (TPSA) is 17.8 Å². The average molecular weight is 701 g/mol. The lowest BCUT2D eigenvalue weighted by Gasteiger charge is -2.21. The number of hydrogen-bond acceptors (Lipinski definition) is 1. The molecule has 2 heteroatoms. The molecule has 0 radical (unpaired) electrons. The van der Waals surface area contributed by atoms with Crippen LogP contribution < -0.4 is 0 Å². The summed E-state index contributed by atoms with van der Waals surface area (Å²) in [4.78, 5) is 5.05. The van der Waals surface area contributed by atoms with Gasteiger partial charge in [-0.25, -0.2) is 4.98 Å². The second-order valence-corrected chi connectivity index (χ2v) is 14.5. The Kier molecular flexibility index (Phi) is 7.18. The lowest BCUT2D eigenvalue weighted by atomic mass is 9.82. The first-order valence-corrected chi connectivity index (χ1v) is 19.2. The largest absolute Gasteiger partial charge is 0.296 e. The summed E-state index contributed by atoms with van der Waals surface area (Å²) in [6.07, 6.45) is 0.842. The van der Waals surface area contributed by atoms with Crippen molar-refractivity contribution < 1.29 is 0 Å². The first kappa shape index (κ1) is 31.5. The Balaban J connectivity index is 1.26. The summed E-state index contributed by atoms with van der Waals surface area (Å²) in [6, 6.07) is 69.1. The number of aryl methyl sites for hydroxylation is 1. The molecular weight excluding hydrogens is 665 g/mol. The molecule has 0 spiro atoms. The van der Waals surface area contributed by atoms with Gasteiger partial charge < -0.3 is 0 Å². The number of imidazole rings is 1. The maximum atomic E-state index is 5.05. The zero-order valence-electron chi connectivity index (χ0n) is 30.5. The van der Waals surface area contributed by atoms with Gasteiger partial charge in [0, 0.05) is 11.8 Å². The van der Waals surface area contributed by atoms with Gasteiger partial charge in [0.05, 0.1) is 16.7 Å². The molecule has 10 aromatic carbocycles. The van der Waals surface area contributed by atoms with Gasteiger partial charge in [0.1, 0.15) is 5.82 Å². The summed E-state index contributed by atoms with van der Waals surface area (Å²) in [5.74, 6) is 1.07. The molecule has 0 fully saturated rings. The fraction of sp³-hybridized carbons (Fsp3) is 0.0377. The van der Waals surface area contributed by atoms with E-state index in [1.807, 2.05) is 0 Å². The van der Waals surface area contributed by atoms with E-state index >= 15 is 0 Å². The predicted molar refractivity (Wildman–Crippen MR) is 234 cm³/mol. The fourth-order valence-corrected chi connectivity index (χ4v) is 9.11. The molecule has 11 aromatic rings. The minimum atomic E-state index is 0.842. The van der Waals surface area contributed by atoms with E-state index in [1.165, 1.54) is 87.2 Å². The smallest absolute Gasteiger partial charge is 0.114 e. The van der Waals surface area contributed by atoms with Gasteiger partial charge in [-0.1, -0.05) is 171 Å². The van der Waals surface area contributed by atoms with Gasteiger partial charge in [-0.05, 0) is 106 Å². The number of rotatable bonds is 5. The van der Waals surface area contributed by atoms with Crippen molar-refractivity contribution in [2.24, 2.45) is 0 Å². The van der Waals surface area contributed by atoms with Crippen molar-refractivity contribution >= 4 is 64.9 Å². The highest BCUT2D eigenvalue weighted by Gasteiger charge is 2.22. The molecule has 0 aliphatic carbocycles. The van der Waals surface area contributed by atoms with Gasteiger partial charge in [0.25, 0.3) is 0 Å². The van der Waals surface area contributed by atoms with Gasteiger partial charge in [-0.15, -0.1) is 0 Å². The first-order valence-electron chi connectivity index (χ1n) is 19.2. The molecular formula is C53H36N2. The van der Waals surface area contributed by atoms with E-state index in [1.54, 1.807) is 0 Å². The van der Waals surface area contributed by atoms with Crippen molar-refractivity contribution in [3.05, 3.63) is 194 Å². The van der Waals surface area contributed by atoms with Crippen LogP contribution in [0.2, 0.25) is 0 Å². The molecule has 55 heavy (non-hydrogen) atoms. The van der Waals surface area contributed by atoms with Crippen LogP contribution >= 0.6 is 0 Å². The van der Waals surface area contributed by atoms with Crippen LogP contribution in [0, 0.1) is 0 Å². The Morgan fingerprint density at radius 2 is 1.00 bits per heavy atom. The molecule has 0 atom stereocenters. The number of benzene rings is 10. The molecule has 0 aliphatic rings. The van der Waals surface area contributed by atoms with Crippen molar-refractivity contribution in [1.29, 1.82) is 0 Å². The molecule has 0 saturated carbocycles.